The van der Waals surface area contributed by atoms with Crippen molar-refractivity contribution in [3.05, 3.63) is 60.2 Å². The molecule has 5 nitrogen and oxygen atoms in total. The first-order valence-corrected chi connectivity index (χ1v) is 11.8. The van der Waals surface area contributed by atoms with E-state index in [1.165, 1.54) is 5.56 Å². The molecule has 2 fully saturated rings. The van der Waals surface area contributed by atoms with E-state index in [0.29, 0.717) is 30.6 Å². The molecule has 1 heterocycles. The van der Waals surface area contributed by atoms with Crippen molar-refractivity contribution in [3.8, 4) is 0 Å². The predicted molar refractivity (Wildman–Crippen MR) is 114 cm³/mol. The van der Waals surface area contributed by atoms with Gasteiger partial charge in [-0.3, -0.25) is 4.79 Å². The maximum Gasteiger partial charge on any atom is 0.243 e. The van der Waals surface area contributed by atoms with Crippen LogP contribution >= 0.6 is 0 Å². The summed E-state index contributed by atoms with van der Waals surface area (Å²) in [6.45, 7) is 3.17. The highest BCUT2D eigenvalue weighted by Crippen LogP contribution is 2.38. The zero-order chi connectivity index (χ0) is 20.4. The number of sulfonamides is 1. The van der Waals surface area contributed by atoms with Crippen LogP contribution in [-0.2, 0) is 21.2 Å². The number of nitrogens with one attached hydrogen (secondary N) is 1. The van der Waals surface area contributed by atoms with Crippen molar-refractivity contribution in [1.29, 1.82) is 0 Å². The minimum atomic E-state index is -3.50. The highest BCUT2D eigenvalue weighted by Gasteiger charge is 2.39. The quantitative estimate of drug-likeness (QED) is 0.782. The second-order valence-corrected chi connectivity index (χ2v) is 10.3. The third kappa shape index (κ3) is 4.70. The first-order chi connectivity index (χ1) is 13.9. The van der Waals surface area contributed by atoms with Crippen LogP contribution in [0.3, 0.4) is 0 Å². The van der Waals surface area contributed by atoms with Gasteiger partial charge in [0, 0.05) is 24.7 Å². The lowest BCUT2D eigenvalue weighted by molar-refractivity contribution is -0.117. The van der Waals surface area contributed by atoms with Gasteiger partial charge in [-0.1, -0.05) is 37.3 Å². The number of hydrogen-bond donors (Lipinski definition) is 1. The van der Waals surface area contributed by atoms with Crippen LogP contribution in [0.1, 0.15) is 31.7 Å². The normalized spacial score (nSPS) is 22.9. The zero-order valence-corrected chi connectivity index (χ0v) is 17.6. The van der Waals surface area contributed by atoms with Gasteiger partial charge in [0.15, 0.2) is 0 Å². The number of anilines is 1. The van der Waals surface area contributed by atoms with E-state index < -0.39 is 10.0 Å². The predicted octanol–water partition coefficient (Wildman–Crippen LogP) is 3.92. The molecule has 2 aromatic rings. The summed E-state index contributed by atoms with van der Waals surface area (Å²) in [4.78, 5) is 12.3. The molecule has 2 aliphatic rings. The SMILES string of the molecule is CC1CC1C(=O)Nc1ccc(S(=O)(=O)N2CCC(Cc3ccccc3)CC2)cc1. The lowest BCUT2D eigenvalue weighted by atomic mass is 9.91. The Hall–Kier alpha value is -2.18. The lowest BCUT2D eigenvalue weighted by Gasteiger charge is -2.31. The summed E-state index contributed by atoms with van der Waals surface area (Å²) >= 11 is 0. The minimum Gasteiger partial charge on any atom is -0.326 e. The summed E-state index contributed by atoms with van der Waals surface area (Å²) in [6.07, 6.45) is 3.69. The third-order valence-electron chi connectivity index (χ3n) is 6.15. The van der Waals surface area contributed by atoms with Crippen molar-refractivity contribution < 1.29 is 13.2 Å². The highest BCUT2D eigenvalue weighted by molar-refractivity contribution is 7.89. The molecule has 1 aliphatic carbocycles. The molecule has 2 atom stereocenters. The Labute approximate surface area is 173 Å². The average Bonchev–Trinajstić information content (AvgIpc) is 3.46. The molecule has 1 saturated heterocycles. The number of carbonyl (C=O) groups is 1. The Kier molecular flexibility index (Phi) is 5.74. The summed E-state index contributed by atoms with van der Waals surface area (Å²) in [6, 6.07) is 16.9. The Morgan fingerprint density at radius 1 is 1.03 bits per heavy atom. The number of piperidine rings is 1. The molecule has 1 aliphatic heterocycles. The number of nitrogens with zero attached hydrogens (tertiary/aromatic N) is 1. The molecule has 0 spiro atoms. The van der Waals surface area contributed by atoms with Crippen molar-refractivity contribution in [3.63, 3.8) is 0 Å². The van der Waals surface area contributed by atoms with Crippen LogP contribution in [0.4, 0.5) is 5.69 Å². The van der Waals surface area contributed by atoms with Gasteiger partial charge in [0.1, 0.15) is 0 Å². The molecule has 154 valence electrons. The van der Waals surface area contributed by atoms with E-state index >= 15 is 0 Å². The molecule has 4 rings (SSSR count). The summed E-state index contributed by atoms with van der Waals surface area (Å²) in [7, 11) is -3.50. The topological polar surface area (TPSA) is 66.5 Å². The van der Waals surface area contributed by atoms with Crippen LogP contribution in [0.15, 0.2) is 59.5 Å². The van der Waals surface area contributed by atoms with Gasteiger partial charge in [-0.25, -0.2) is 8.42 Å². The molecule has 29 heavy (non-hydrogen) atoms. The number of rotatable bonds is 6. The molecule has 1 saturated carbocycles. The number of amides is 1. The third-order valence-corrected chi connectivity index (χ3v) is 8.06. The van der Waals surface area contributed by atoms with E-state index in [-0.39, 0.29) is 16.7 Å². The van der Waals surface area contributed by atoms with Gasteiger partial charge < -0.3 is 5.32 Å². The van der Waals surface area contributed by atoms with Gasteiger partial charge in [0.25, 0.3) is 0 Å². The molecule has 1 N–H and O–H groups in total. The molecule has 2 aromatic carbocycles. The summed E-state index contributed by atoms with van der Waals surface area (Å²) < 4.78 is 27.6. The fraction of sp³-hybridized carbons (Fsp3) is 0.435. The molecule has 0 bridgehead atoms. The van der Waals surface area contributed by atoms with Crippen LogP contribution in [0.25, 0.3) is 0 Å². The summed E-state index contributed by atoms with van der Waals surface area (Å²) in [5.41, 5.74) is 1.96. The second kappa shape index (κ2) is 8.28. The average molecular weight is 413 g/mol. The maximum atomic E-state index is 13.0. The smallest absolute Gasteiger partial charge is 0.243 e. The van der Waals surface area contributed by atoms with Gasteiger partial charge in [0.05, 0.1) is 4.90 Å². The Bertz CT molecular complexity index is 949. The van der Waals surface area contributed by atoms with Gasteiger partial charge >= 0.3 is 0 Å². The molecule has 0 radical (unpaired) electrons. The van der Waals surface area contributed by atoms with Crippen molar-refractivity contribution in [2.75, 3.05) is 18.4 Å². The van der Waals surface area contributed by atoms with Gasteiger partial charge in [-0.15, -0.1) is 0 Å². The molecule has 6 heteroatoms. The summed E-state index contributed by atoms with van der Waals surface area (Å²) in [5, 5.41) is 2.87. The molecule has 1 amide bonds. The van der Waals surface area contributed by atoms with E-state index in [1.807, 2.05) is 18.2 Å². The van der Waals surface area contributed by atoms with Crippen LogP contribution in [0.5, 0.6) is 0 Å². The second-order valence-electron chi connectivity index (χ2n) is 8.37. The van der Waals surface area contributed by atoms with E-state index in [0.717, 1.165) is 25.7 Å². The van der Waals surface area contributed by atoms with E-state index in [9.17, 15) is 13.2 Å². The Morgan fingerprint density at radius 2 is 1.66 bits per heavy atom. The Morgan fingerprint density at radius 3 is 2.24 bits per heavy atom. The van der Waals surface area contributed by atoms with Crippen molar-refractivity contribution in [2.24, 2.45) is 17.8 Å². The zero-order valence-electron chi connectivity index (χ0n) is 16.8. The number of carbonyl (C=O) groups excluding carboxylic acids is 1. The van der Waals surface area contributed by atoms with Gasteiger partial charge in [-0.05, 0) is 67.3 Å². The minimum absolute atomic E-state index is 0.0218. The molecular weight excluding hydrogens is 384 g/mol. The van der Waals surface area contributed by atoms with Gasteiger partial charge in [0.2, 0.25) is 15.9 Å². The maximum absolute atomic E-state index is 13.0. The Balaban J connectivity index is 1.34. The van der Waals surface area contributed by atoms with Crippen LogP contribution in [0, 0.1) is 17.8 Å². The fourth-order valence-electron chi connectivity index (χ4n) is 4.08. The number of benzene rings is 2. The van der Waals surface area contributed by atoms with Crippen LogP contribution in [0.2, 0.25) is 0 Å². The standard InChI is InChI=1S/C23H28N2O3S/c1-17-15-22(17)23(26)24-20-7-9-21(10-8-20)29(27,28)25-13-11-19(12-14-25)16-18-5-3-2-4-6-18/h2-10,17,19,22H,11-16H2,1H3,(H,24,26). The first-order valence-electron chi connectivity index (χ1n) is 10.4. The first kappa shape index (κ1) is 20.1. The van der Waals surface area contributed by atoms with E-state index in [2.05, 4.69) is 24.4 Å². The lowest BCUT2D eigenvalue weighted by Crippen LogP contribution is -2.38. The largest absolute Gasteiger partial charge is 0.326 e. The monoisotopic (exact) mass is 412 g/mol. The molecule has 0 aromatic heterocycles. The molecular formula is C23H28N2O3S. The fourth-order valence-corrected chi connectivity index (χ4v) is 5.55. The van der Waals surface area contributed by atoms with Crippen LogP contribution in [-0.4, -0.2) is 31.7 Å². The van der Waals surface area contributed by atoms with Crippen molar-refractivity contribution >= 4 is 21.6 Å². The number of hydrogen-bond acceptors (Lipinski definition) is 3. The van der Waals surface area contributed by atoms with Crippen molar-refractivity contribution in [1.82, 2.24) is 4.31 Å². The van der Waals surface area contributed by atoms with E-state index in [1.54, 1.807) is 28.6 Å². The summed E-state index contributed by atoms with van der Waals surface area (Å²) in [5.74, 6) is 1.08. The van der Waals surface area contributed by atoms with Gasteiger partial charge in [-0.2, -0.15) is 4.31 Å². The highest BCUT2D eigenvalue weighted by atomic mass is 32.2. The van der Waals surface area contributed by atoms with Crippen LogP contribution < -0.4 is 5.32 Å². The van der Waals surface area contributed by atoms with E-state index in [4.69, 9.17) is 0 Å². The molecule has 2 unspecified atom stereocenters. The van der Waals surface area contributed by atoms with Crippen molar-refractivity contribution in [2.45, 2.75) is 37.5 Å².